The average molecular weight is 282 g/mol. The van der Waals surface area contributed by atoms with Gasteiger partial charge in [-0.2, -0.15) is 0 Å². The summed E-state index contributed by atoms with van der Waals surface area (Å²) in [7, 11) is 0. The van der Waals surface area contributed by atoms with E-state index in [1.54, 1.807) is 11.3 Å². The minimum Gasteiger partial charge on any atom is -0.481 e. The van der Waals surface area contributed by atoms with E-state index in [2.05, 4.69) is 24.1 Å². The fourth-order valence-electron chi connectivity index (χ4n) is 2.51. The average Bonchev–Trinajstić information content (AvgIpc) is 2.77. The summed E-state index contributed by atoms with van der Waals surface area (Å²) in [5, 5.41) is 13.5. The molecule has 2 rings (SSSR count). The molecule has 1 aromatic rings. The van der Waals surface area contributed by atoms with Gasteiger partial charge in [0.25, 0.3) is 0 Å². The number of carbonyl (C=O) groups is 1. The highest BCUT2D eigenvalue weighted by Crippen LogP contribution is 2.37. The van der Waals surface area contributed by atoms with Gasteiger partial charge in [0.2, 0.25) is 0 Å². The number of carboxylic acid groups (broad SMARTS) is 1. The van der Waals surface area contributed by atoms with Crippen LogP contribution in [-0.2, 0) is 11.2 Å². The maximum Gasteiger partial charge on any atom is 0.312 e. The Morgan fingerprint density at radius 1 is 1.63 bits per heavy atom. The second-order valence-electron chi connectivity index (χ2n) is 5.30. The Kier molecular flexibility index (Phi) is 4.80. The van der Waals surface area contributed by atoms with Gasteiger partial charge >= 0.3 is 5.97 Å². The van der Waals surface area contributed by atoms with Gasteiger partial charge in [-0.15, -0.1) is 11.3 Å². The number of hydrogen-bond donors (Lipinski definition) is 2. The first-order valence-corrected chi connectivity index (χ1v) is 7.92. The van der Waals surface area contributed by atoms with Crippen LogP contribution in [0, 0.1) is 0 Å². The van der Waals surface area contributed by atoms with E-state index < -0.39 is 11.9 Å². The zero-order valence-corrected chi connectivity index (χ0v) is 12.4. The highest BCUT2D eigenvalue weighted by molar-refractivity contribution is 7.15. The summed E-state index contributed by atoms with van der Waals surface area (Å²) in [5.74, 6) is -1.14. The van der Waals surface area contributed by atoms with Crippen LogP contribution < -0.4 is 5.32 Å². The van der Waals surface area contributed by atoms with Crippen molar-refractivity contribution in [3.05, 3.63) is 10.6 Å². The van der Waals surface area contributed by atoms with Gasteiger partial charge in [0.1, 0.15) is 5.92 Å². The van der Waals surface area contributed by atoms with E-state index in [1.165, 1.54) is 12.8 Å². The number of aryl methyl sites for hydroxylation is 1. The maximum atomic E-state index is 11.2. The van der Waals surface area contributed by atoms with E-state index in [0.29, 0.717) is 6.04 Å². The maximum absolute atomic E-state index is 11.2. The Morgan fingerprint density at radius 2 is 2.42 bits per heavy atom. The quantitative estimate of drug-likeness (QED) is 0.836. The molecule has 1 aromatic heterocycles. The SMILES string of the molecule is CCCCC(C)Nc1nc2c(s1)CCCC2C(=O)O. The highest BCUT2D eigenvalue weighted by atomic mass is 32.1. The molecule has 19 heavy (non-hydrogen) atoms. The van der Waals surface area contributed by atoms with Crippen molar-refractivity contribution in [2.75, 3.05) is 5.32 Å². The molecule has 0 aromatic carbocycles. The molecule has 2 N–H and O–H groups in total. The number of aromatic nitrogens is 1. The van der Waals surface area contributed by atoms with Crippen LogP contribution in [0.3, 0.4) is 0 Å². The van der Waals surface area contributed by atoms with Crippen molar-refractivity contribution in [3.8, 4) is 0 Å². The van der Waals surface area contributed by atoms with Gasteiger partial charge in [0.15, 0.2) is 5.13 Å². The Hall–Kier alpha value is -1.10. The van der Waals surface area contributed by atoms with E-state index in [0.717, 1.165) is 41.4 Å². The minimum absolute atomic E-state index is 0.399. The smallest absolute Gasteiger partial charge is 0.312 e. The lowest BCUT2D eigenvalue weighted by atomic mass is 9.91. The molecule has 4 nitrogen and oxygen atoms in total. The summed E-state index contributed by atoms with van der Waals surface area (Å²) in [4.78, 5) is 16.9. The summed E-state index contributed by atoms with van der Waals surface area (Å²) in [6.07, 6.45) is 6.18. The number of unbranched alkanes of at least 4 members (excludes halogenated alkanes) is 1. The molecule has 5 heteroatoms. The number of thiazole rings is 1. The number of hydrogen-bond acceptors (Lipinski definition) is 4. The number of rotatable bonds is 6. The van der Waals surface area contributed by atoms with Crippen molar-refractivity contribution in [1.82, 2.24) is 4.98 Å². The molecule has 0 radical (unpaired) electrons. The van der Waals surface area contributed by atoms with Crippen molar-refractivity contribution in [2.45, 2.75) is 64.3 Å². The van der Waals surface area contributed by atoms with Gasteiger partial charge in [0.05, 0.1) is 5.69 Å². The number of nitrogens with one attached hydrogen (secondary N) is 1. The topological polar surface area (TPSA) is 62.2 Å². The number of nitrogens with zero attached hydrogens (tertiary/aromatic N) is 1. The Labute approximate surface area is 118 Å². The largest absolute Gasteiger partial charge is 0.481 e. The Morgan fingerprint density at radius 3 is 3.11 bits per heavy atom. The van der Waals surface area contributed by atoms with Crippen LogP contribution in [-0.4, -0.2) is 22.1 Å². The van der Waals surface area contributed by atoms with E-state index in [-0.39, 0.29) is 0 Å². The number of aliphatic carboxylic acids is 1. The molecular formula is C14H22N2O2S. The van der Waals surface area contributed by atoms with Crippen LogP contribution in [0.25, 0.3) is 0 Å². The highest BCUT2D eigenvalue weighted by Gasteiger charge is 2.30. The standard InChI is InChI=1S/C14H22N2O2S/c1-3-4-6-9(2)15-14-16-12-10(13(17)18)7-5-8-11(12)19-14/h9-10H,3-8H2,1-2H3,(H,15,16)(H,17,18). The van der Waals surface area contributed by atoms with Crippen molar-refractivity contribution < 1.29 is 9.90 Å². The van der Waals surface area contributed by atoms with Gasteiger partial charge in [-0.25, -0.2) is 4.98 Å². The van der Waals surface area contributed by atoms with Crippen molar-refractivity contribution >= 4 is 22.4 Å². The molecule has 1 aliphatic carbocycles. The van der Waals surface area contributed by atoms with Crippen LogP contribution in [0.2, 0.25) is 0 Å². The van der Waals surface area contributed by atoms with E-state index in [9.17, 15) is 9.90 Å². The molecule has 0 fully saturated rings. The lowest BCUT2D eigenvalue weighted by Gasteiger charge is -2.16. The minimum atomic E-state index is -0.739. The molecule has 2 unspecified atom stereocenters. The molecule has 0 spiro atoms. The fraction of sp³-hybridized carbons (Fsp3) is 0.714. The Balaban J connectivity index is 2.06. The molecule has 2 atom stereocenters. The fourth-order valence-corrected chi connectivity index (χ4v) is 3.69. The monoisotopic (exact) mass is 282 g/mol. The third-order valence-corrected chi connectivity index (χ3v) is 4.68. The Bertz CT molecular complexity index is 445. The summed E-state index contributed by atoms with van der Waals surface area (Å²) in [6.45, 7) is 4.34. The van der Waals surface area contributed by atoms with Crippen LogP contribution in [0.5, 0.6) is 0 Å². The van der Waals surface area contributed by atoms with Gasteiger partial charge in [-0.05, 0) is 32.6 Å². The third kappa shape index (κ3) is 3.47. The molecule has 1 heterocycles. The first-order valence-electron chi connectivity index (χ1n) is 7.10. The first kappa shape index (κ1) is 14.3. The van der Waals surface area contributed by atoms with Crippen LogP contribution in [0.1, 0.15) is 62.4 Å². The molecule has 1 aliphatic rings. The van der Waals surface area contributed by atoms with Crippen molar-refractivity contribution in [2.24, 2.45) is 0 Å². The van der Waals surface area contributed by atoms with Gasteiger partial charge < -0.3 is 10.4 Å². The zero-order chi connectivity index (χ0) is 13.8. The predicted molar refractivity (Wildman–Crippen MR) is 78.0 cm³/mol. The van der Waals surface area contributed by atoms with E-state index >= 15 is 0 Å². The van der Waals surface area contributed by atoms with Crippen LogP contribution in [0.15, 0.2) is 0 Å². The first-order chi connectivity index (χ1) is 9.11. The number of anilines is 1. The second-order valence-corrected chi connectivity index (χ2v) is 6.38. The molecule has 0 aliphatic heterocycles. The summed E-state index contributed by atoms with van der Waals surface area (Å²) in [5.41, 5.74) is 0.800. The van der Waals surface area contributed by atoms with Crippen LogP contribution in [0.4, 0.5) is 5.13 Å². The second kappa shape index (κ2) is 6.37. The van der Waals surface area contributed by atoms with Crippen LogP contribution >= 0.6 is 11.3 Å². The third-order valence-electron chi connectivity index (χ3n) is 3.61. The lowest BCUT2D eigenvalue weighted by molar-refractivity contribution is -0.139. The molecule has 0 saturated carbocycles. The van der Waals surface area contributed by atoms with Gasteiger partial charge in [0, 0.05) is 10.9 Å². The molecule has 0 bridgehead atoms. The summed E-state index contributed by atoms with van der Waals surface area (Å²) >= 11 is 1.63. The molecule has 0 saturated heterocycles. The van der Waals surface area contributed by atoms with Gasteiger partial charge in [-0.1, -0.05) is 19.8 Å². The van der Waals surface area contributed by atoms with Crippen molar-refractivity contribution in [1.29, 1.82) is 0 Å². The number of carboxylic acids is 1. The summed E-state index contributed by atoms with van der Waals surface area (Å²) < 4.78 is 0. The number of fused-ring (bicyclic) bond motifs is 1. The molecule has 0 amide bonds. The van der Waals surface area contributed by atoms with E-state index in [4.69, 9.17) is 0 Å². The normalized spacial score (nSPS) is 19.8. The van der Waals surface area contributed by atoms with E-state index in [1.807, 2.05) is 0 Å². The zero-order valence-electron chi connectivity index (χ0n) is 11.6. The lowest BCUT2D eigenvalue weighted by Crippen LogP contribution is -2.18. The van der Waals surface area contributed by atoms with Crippen molar-refractivity contribution in [3.63, 3.8) is 0 Å². The van der Waals surface area contributed by atoms with Gasteiger partial charge in [-0.3, -0.25) is 4.79 Å². The molecule has 106 valence electrons. The predicted octanol–water partition coefficient (Wildman–Crippen LogP) is 3.64. The molecular weight excluding hydrogens is 260 g/mol. The summed E-state index contributed by atoms with van der Waals surface area (Å²) in [6, 6.07) is 0.399.